The minimum absolute atomic E-state index is 0.0600. The summed E-state index contributed by atoms with van der Waals surface area (Å²) in [5.74, 6) is -0.234. The van der Waals surface area contributed by atoms with Crippen LogP contribution in [0, 0.1) is 6.92 Å². The van der Waals surface area contributed by atoms with E-state index >= 15 is 0 Å². The number of thioether (sulfide) groups is 1. The van der Waals surface area contributed by atoms with Crippen molar-refractivity contribution in [2.24, 2.45) is 0 Å². The summed E-state index contributed by atoms with van der Waals surface area (Å²) in [6, 6.07) is 0. The van der Waals surface area contributed by atoms with Crippen molar-refractivity contribution in [3.63, 3.8) is 0 Å². The van der Waals surface area contributed by atoms with Crippen molar-refractivity contribution in [2.75, 3.05) is 7.11 Å². The number of esters is 1. The summed E-state index contributed by atoms with van der Waals surface area (Å²) >= 11 is 1.48. The van der Waals surface area contributed by atoms with Crippen LogP contribution in [0.4, 0.5) is 0 Å². The van der Waals surface area contributed by atoms with Gasteiger partial charge in [0, 0.05) is 5.25 Å². The first-order valence-electron chi connectivity index (χ1n) is 5.42. The van der Waals surface area contributed by atoms with E-state index in [0.29, 0.717) is 12.1 Å². The predicted octanol–water partition coefficient (Wildman–Crippen LogP) is 1.97. The number of fused-ring (bicyclic) bond motifs is 1. The van der Waals surface area contributed by atoms with Gasteiger partial charge in [-0.2, -0.15) is 4.98 Å². The van der Waals surface area contributed by atoms with Gasteiger partial charge in [-0.25, -0.2) is 4.98 Å². The molecule has 0 fully saturated rings. The molecule has 0 aliphatic carbocycles. The first-order chi connectivity index (χ1) is 8.61. The largest absolute Gasteiger partial charge is 0.469 e. The average Bonchev–Trinajstić information content (AvgIpc) is 2.72. The Balaban J connectivity index is 2.21. The maximum Gasteiger partial charge on any atom is 0.306 e. The van der Waals surface area contributed by atoms with Crippen molar-refractivity contribution in [3.05, 3.63) is 12.0 Å². The molecule has 0 amide bonds. The summed E-state index contributed by atoms with van der Waals surface area (Å²) in [7, 11) is 1.38. The van der Waals surface area contributed by atoms with Crippen LogP contribution in [0.1, 0.15) is 19.0 Å². The van der Waals surface area contributed by atoms with Gasteiger partial charge in [0.05, 0.1) is 24.6 Å². The third kappa shape index (κ3) is 2.61. The molecule has 1 atom stereocenters. The number of aryl methyl sites for hydroxylation is 1. The second-order valence-corrected chi connectivity index (χ2v) is 5.26. The van der Waals surface area contributed by atoms with Gasteiger partial charge < -0.3 is 9.26 Å². The summed E-state index contributed by atoms with van der Waals surface area (Å²) in [5.41, 5.74) is 1.22. The topological polar surface area (TPSA) is 78.1 Å². The van der Waals surface area contributed by atoms with E-state index in [-0.39, 0.29) is 11.2 Å². The Hall–Kier alpha value is -1.63. The number of hydrogen-bond acceptors (Lipinski definition) is 7. The first kappa shape index (κ1) is 12.8. The number of methoxy groups -OCH3 is 1. The van der Waals surface area contributed by atoms with Gasteiger partial charge in [-0.05, 0) is 6.92 Å². The summed E-state index contributed by atoms with van der Waals surface area (Å²) in [6.45, 7) is 3.78. The summed E-state index contributed by atoms with van der Waals surface area (Å²) in [6.07, 6.45) is 1.76. The van der Waals surface area contributed by atoms with Crippen LogP contribution in [0.15, 0.2) is 15.9 Å². The summed E-state index contributed by atoms with van der Waals surface area (Å²) < 4.78 is 9.71. The predicted molar refractivity (Wildman–Crippen MR) is 66.3 cm³/mol. The summed E-state index contributed by atoms with van der Waals surface area (Å²) in [4.78, 5) is 19.4. The standard InChI is InChI=1S/C11H13N3O3S/c1-6(4-8(15)16-3)18-11-9-7(2)14-17-10(9)12-5-13-11/h5-6H,4H2,1-3H3. The number of carbonyl (C=O) groups excluding carboxylic acids is 1. The third-order valence-corrected chi connectivity index (χ3v) is 3.50. The van der Waals surface area contributed by atoms with Crippen molar-refractivity contribution >= 4 is 28.8 Å². The molecule has 0 spiro atoms. The molecule has 2 heterocycles. The minimum Gasteiger partial charge on any atom is -0.469 e. The molecule has 18 heavy (non-hydrogen) atoms. The second kappa shape index (κ2) is 5.34. The van der Waals surface area contributed by atoms with E-state index < -0.39 is 0 Å². The zero-order valence-electron chi connectivity index (χ0n) is 10.3. The van der Waals surface area contributed by atoms with Crippen molar-refractivity contribution in [1.82, 2.24) is 15.1 Å². The van der Waals surface area contributed by atoms with Gasteiger partial charge in [0.1, 0.15) is 11.4 Å². The second-order valence-electron chi connectivity index (χ2n) is 3.84. The quantitative estimate of drug-likeness (QED) is 0.476. The number of ether oxygens (including phenoxy) is 1. The van der Waals surface area contributed by atoms with E-state index in [1.165, 1.54) is 25.2 Å². The fourth-order valence-electron chi connectivity index (χ4n) is 1.53. The molecule has 1 unspecified atom stereocenters. The molecular formula is C11H13N3O3S. The summed E-state index contributed by atoms with van der Waals surface area (Å²) in [5, 5.41) is 5.50. The molecule has 0 N–H and O–H groups in total. The van der Waals surface area contributed by atoms with Crippen LogP contribution < -0.4 is 0 Å². The molecule has 0 aliphatic heterocycles. The molecule has 0 radical (unpaired) electrons. The lowest BCUT2D eigenvalue weighted by atomic mass is 10.3. The molecule has 0 saturated heterocycles. The van der Waals surface area contributed by atoms with Gasteiger partial charge >= 0.3 is 5.97 Å². The lowest BCUT2D eigenvalue weighted by Gasteiger charge is -2.09. The lowest BCUT2D eigenvalue weighted by Crippen LogP contribution is -2.08. The van der Waals surface area contributed by atoms with E-state index in [1.807, 2.05) is 13.8 Å². The van der Waals surface area contributed by atoms with Gasteiger partial charge in [0.25, 0.3) is 5.71 Å². The molecule has 0 aromatic carbocycles. The van der Waals surface area contributed by atoms with Crippen LogP contribution in [-0.2, 0) is 9.53 Å². The Labute approximate surface area is 108 Å². The van der Waals surface area contributed by atoms with Gasteiger partial charge in [0.15, 0.2) is 0 Å². The fourth-order valence-corrected chi connectivity index (χ4v) is 2.59. The maximum absolute atomic E-state index is 11.2. The highest BCUT2D eigenvalue weighted by Crippen LogP contribution is 2.30. The number of aromatic nitrogens is 3. The molecule has 2 aromatic heterocycles. The van der Waals surface area contributed by atoms with Crippen LogP contribution in [0.25, 0.3) is 11.1 Å². The smallest absolute Gasteiger partial charge is 0.306 e. The molecule has 0 aliphatic rings. The molecule has 0 bridgehead atoms. The Morgan fingerprint density at radius 1 is 1.56 bits per heavy atom. The van der Waals surface area contributed by atoms with Gasteiger partial charge in [0.2, 0.25) is 0 Å². The molecule has 2 rings (SSSR count). The van der Waals surface area contributed by atoms with Crippen LogP contribution in [0.3, 0.4) is 0 Å². The minimum atomic E-state index is -0.234. The zero-order valence-corrected chi connectivity index (χ0v) is 11.2. The van der Waals surface area contributed by atoms with Gasteiger partial charge in [-0.1, -0.05) is 12.1 Å². The SMILES string of the molecule is COC(=O)CC(C)Sc1ncnc2onc(C)c12. The molecule has 2 aromatic rings. The molecule has 96 valence electrons. The van der Waals surface area contributed by atoms with Crippen LogP contribution in [0.5, 0.6) is 0 Å². The van der Waals surface area contributed by atoms with Crippen molar-refractivity contribution in [3.8, 4) is 0 Å². The number of nitrogens with zero attached hydrogens (tertiary/aromatic N) is 3. The Bertz CT molecular complexity index is 570. The Morgan fingerprint density at radius 3 is 3.06 bits per heavy atom. The molecule has 6 nitrogen and oxygen atoms in total. The van der Waals surface area contributed by atoms with Crippen molar-refractivity contribution in [2.45, 2.75) is 30.5 Å². The zero-order chi connectivity index (χ0) is 13.1. The highest BCUT2D eigenvalue weighted by Gasteiger charge is 2.17. The van der Waals surface area contributed by atoms with Crippen LogP contribution in [-0.4, -0.2) is 33.5 Å². The van der Waals surface area contributed by atoms with E-state index in [2.05, 4.69) is 19.9 Å². The van der Waals surface area contributed by atoms with Crippen LogP contribution >= 0.6 is 11.8 Å². The van der Waals surface area contributed by atoms with E-state index in [4.69, 9.17) is 4.52 Å². The Morgan fingerprint density at radius 2 is 2.33 bits per heavy atom. The average molecular weight is 267 g/mol. The van der Waals surface area contributed by atoms with Gasteiger partial charge in [-0.3, -0.25) is 4.79 Å². The maximum atomic E-state index is 11.2. The van der Waals surface area contributed by atoms with Gasteiger partial charge in [-0.15, -0.1) is 11.8 Å². The monoisotopic (exact) mass is 267 g/mol. The Kier molecular flexibility index (Phi) is 3.81. The van der Waals surface area contributed by atoms with E-state index in [1.54, 1.807) is 0 Å². The van der Waals surface area contributed by atoms with Crippen molar-refractivity contribution in [1.29, 1.82) is 0 Å². The van der Waals surface area contributed by atoms with E-state index in [9.17, 15) is 4.79 Å². The fraction of sp³-hybridized carbons (Fsp3) is 0.455. The number of hydrogen-bond donors (Lipinski definition) is 0. The first-order valence-corrected chi connectivity index (χ1v) is 6.30. The lowest BCUT2D eigenvalue weighted by molar-refractivity contribution is -0.140. The van der Waals surface area contributed by atoms with Crippen LogP contribution in [0.2, 0.25) is 0 Å². The normalized spacial score (nSPS) is 12.6. The number of carbonyl (C=O) groups is 1. The highest BCUT2D eigenvalue weighted by atomic mass is 32.2. The molecular weight excluding hydrogens is 254 g/mol. The van der Waals surface area contributed by atoms with Crippen molar-refractivity contribution < 1.29 is 14.1 Å². The third-order valence-electron chi connectivity index (χ3n) is 2.40. The molecule has 7 heteroatoms. The highest BCUT2D eigenvalue weighted by molar-refractivity contribution is 8.00. The molecule has 0 saturated carbocycles. The number of rotatable bonds is 4. The van der Waals surface area contributed by atoms with E-state index in [0.717, 1.165) is 16.1 Å².